The maximum atomic E-state index is 12.6. The summed E-state index contributed by atoms with van der Waals surface area (Å²) >= 11 is 0. The van der Waals surface area contributed by atoms with E-state index in [2.05, 4.69) is 15.6 Å². The number of nitrogens with zero attached hydrogens (tertiary/aromatic N) is 1. The number of hydrogen-bond donors (Lipinski definition) is 3. The first-order chi connectivity index (χ1) is 13.1. The molecule has 6 heteroatoms. The summed E-state index contributed by atoms with van der Waals surface area (Å²) in [5.74, 6) is 0.328. The third kappa shape index (κ3) is 4.36. The van der Waals surface area contributed by atoms with E-state index in [1.54, 1.807) is 25.5 Å². The number of nitrogens with one attached hydrogen (secondary N) is 2. The maximum Gasteiger partial charge on any atom is 0.259 e. The lowest BCUT2D eigenvalue weighted by Crippen LogP contribution is -2.15. The van der Waals surface area contributed by atoms with Gasteiger partial charge in [0.05, 0.1) is 18.4 Å². The molecule has 27 heavy (non-hydrogen) atoms. The summed E-state index contributed by atoms with van der Waals surface area (Å²) < 4.78 is 5.32. The van der Waals surface area contributed by atoms with Gasteiger partial charge >= 0.3 is 0 Å². The largest absolute Gasteiger partial charge is 0.496 e. The molecule has 2 aromatic carbocycles. The SMILES string of the molecule is COc1cc(C)ccc1C(=O)Nc1cccc(C2N=CC(=CC=CN)N2)c1. The summed E-state index contributed by atoms with van der Waals surface area (Å²) in [4.78, 5) is 17.1. The van der Waals surface area contributed by atoms with E-state index < -0.39 is 0 Å². The molecule has 0 aliphatic carbocycles. The molecule has 1 amide bonds. The first-order valence-electron chi connectivity index (χ1n) is 8.55. The lowest BCUT2D eigenvalue weighted by Gasteiger charge is -2.13. The number of benzene rings is 2. The van der Waals surface area contributed by atoms with E-state index in [9.17, 15) is 4.79 Å². The summed E-state index contributed by atoms with van der Waals surface area (Å²) in [5, 5.41) is 6.20. The average Bonchev–Trinajstić information content (AvgIpc) is 3.15. The topological polar surface area (TPSA) is 88.7 Å². The Morgan fingerprint density at radius 1 is 1.30 bits per heavy atom. The molecule has 0 spiro atoms. The highest BCUT2D eigenvalue weighted by Gasteiger charge is 2.17. The van der Waals surface area contributed by atoms with Crippen molar-refractivity contribution in [3.63, 3.8) is 0 Å². The van der Waals surface area contributed by atoms with Crippen LogP contribution in [0.2, 0.25) is 0 Å². The molecular formula is C21H22N4O2. The zero-order valence-corrected chi connectivity index (χ0v) is 15.3. The van der Waals surface area contributed by atoms with Crippen molar-refractivity contribution >= 4 is 17.8 Å². The van der Waals surface area contributed by atoms with Gasteiger partial charge in [-0.05, 0) is 60.7 Å². The molecule has 0 aromatic heterocycles. The first-order valence-corrected chi connectivity index (χ1v) is 8.55. The van der Waals surface area contributed by atoms with Crippen LogP contribution in [0.1, 0.15) is 27.7 Å². The number of allylic oxidation sites excluding steroid dienone is 3. The fraction of sp³-hybridized carbons (Fsp3) is 0.143. The number of aliphatic imine (C=N–C) groups is 1. The smallest absolute Gasteiger partial charge is 0.259 e. The second kappa shape index (κ2) is 8.23. The molecule has 1 aliphatic rings. The number of hydrogen-bond acceptors (Lipinski definition) is 5. The number of amides is 1. The van der Waals surface area contributed by atoms with Crippen molar-refractivity contribution in [1.82, 2.24) is 5.32 Å². The van der Waals surface area contributed by atoms with Crippen LogP contribution in [0.25, 0.3) is 0 Å². The van der Waals surface area contributed by atoms with Gasteiger partial charge in [-0.15, -0.1) is 0 Å². The number of carbonyl (C=O) groups is 1. The van der Waals surface area contributed by atoms with Crippen molar-refractivity contribution in [2.24, 2.45) is 10.7 Å². The molecule has 1 atom stereocenters. The number of ether oxygens (including phenoxy) is 1. The molecule has 2 aromatic rings. The summed E-state index contributed by atoms with van der Waals surface area (Å²) in [6.07, 6.45) is 6.60. The van der Waals surface area contributed by atoms with E-state index in [0.29, 0.717) is 17.0 Å². The predicted octanol–water partition coefficient (Wildman–Crippen LogP) is 3.28. The van der Waals surface area contributed by atoms with Crippen LogP contribution in [-0.4, -0.2) is 19.2 Å². The average molecular weight is 362 g/mol. The Morgan fingerprint density at radius 2 is 2.15 bits per heavy atom. The van der Waals surface area contributed by atoms with Gasteiger partial charge in [0.1, 0.15) is 11.9 Å². The van der Waals surface area contributed by atoms with Gasteiger partial charge in [-0.3, -0.25) is 9.79 Å². The summed E-state index contributed by atoms with van der Waals surface area (Å²) in [5.41, 5.74) is 9.38. The van der Waals surface area contributed by atoms with Crippen LogP contribution in [-0.2, 0) is 0 Å². The number of anilines is 1. The van der Waals surface area contributed by atoms with Gasteiger partial charge in [-0.25, -0.2) is 0 Å². The van der Waals surface area contributed by atoms with Crippen molar-refractivity contribution < 1.29 is 9.53 Å². The van der Waals surface area contributed by atoms with Gasteiger partial charge in [-0.1, -0.05) is 18.2 Å². The molecule has 0 fully saturated rings. The van der Waals surface area contributed by atoms with E-state index in [-0.39, 0.29) is 12.1 Å². The first kappa shape index (κ1) is 18.3. The minimum atomic E-state index is -0.222. The predicted molar refractivity (Wildman–Crippen MR) is 108 cm³/mol. The normalized spacial score (nSPS) is 17.3. The number of carbonyl (C=O) groups excluding carboxylic acids is 1. The van der Waals surface area contributed by atoms with Crippen LogP contribution >= 0.6 is 0 Å². The molecule has 4 N–H and O–H groups in total. The lowest BCUT2D eigenvalue weighted by atomic mass is 10.1. The highest BCUT2D eigenvalue weighted by atomic mass is 16.5. The minimum Gasteiger partial charge on any atom is -0.496 e. The standard InChI is InChI=1S/C21H22N4O2/c1-14-8-9-18(19(11-14)27-2)21(26)25-16-6-3-5-15(12-16)20-23-13-17(24-20)7-4-10-22/h3-13,20,24H,22H2,1-2H3,(H,25,26). The molecular weight excluding hydrogens is 340 g/mol. The van der Waals surface area contributed by atoms with Gasteiger partial charge < -0.3 is 21.1 Å². The van der Waals surface area contributed by atoms with Gasteiger partial charge in [0.15, 0.2) is 0 Å². The van der Waals surface area contributed by atoms with Crippen molar-refractivity contribution in [3.05, 3.63) is 83.2 Å². The Kier molecular flexibility index (Phi) is 5.56. The van der Waals surface area contributed by atoms with Gasteiger partial charge in [0.25, 0.3) is 5.91 Å². The Bertz CT molecular complexity index is 932. The van der Waals surface area contributed by atoms with E-state index in [1.165, 1.54) is 6.20 Å². The molecule has 138 valence electrons. The fourth-order valence-corrected chi connectivity index (χ4v) is 2.78. The second-order valence-electron chi connectivity index (χ2n) is 6.12. The van der Waals surface area contributed by atoms with Crippen LogP contribution in [0.4, 0.5) is 5.69 Å². The molecule has 0 bridgehead atoms. The number of rotatable bonds is 5. The molecule has 1 unspecified atom stereocenters. The highest BCUT2D eigenvalue weighted by molar-refractivity contribution is 6.06. The number of aryl methyl sites for hydroxylation is 1. The molecule has 3 rings (SSSR count). The summed E-state index contributed by atoms with van der Waals surface area (Å²) in [7, 11) is 1.56. The summed E-state index contributed by atoms with van der Waals surface area (Å²) in [6.45, 7) is 1.95. The number of nitrogens with two attached hydrogens (primary N) is 1. The molecule has 0 saturated heterocycles. The Hall–Kier alpha value is -3.54. The zero-order valence-electron chi connectivity index (χ0n) is 15.3. The molecule has 1 aliphatic heterocycles. The van der Waals surface area contributed by atoms with Crippen molar-refractivity contribution in [2.75, 3.05) is 12.4 Å². The van der Waals surface area contributed by atoms with Gasteiger partial charge in [0.2, 0.25) is 0 Å². The summed E-state index contributed by atoms with van der Waals surface area (Å²) in [6, 6.07) is 13.1. The van der Waals surface area contributed by atoms with Crippen LogP contribution in [0, 0.1) is 6.92 Å². The van der Waals surface area contributed by atoms with E-state index in [4.69, 9.17) is 10.5 Å². The van der Waals surface area contributed by atoms with Crippen LogP contribution in [0.5, 0.6) is 5.75 Å². The fourth-order valence-electron chi connectivity index (χ4n) is 2.78. The van der Waals surface area contributed by atoms with E-state index >= 15 is 0 Å². The molecule has 0 saturated carbocycles. The lowest BCUT2D eigenvalue weighted by molar-refractivity contribution is 0.102. The van der Waals surface area contributed by atoms with Crippen molar-refractivity contribution in [1.29, 1.82) is 0 Å². The van der Waals surface area contributed by atoms with Crippen molar-refractivity contribution in [2.45, 2.75) is 13.1 Å². The number of methoxy groups -OCH3 is 1. The Labute approximate surface area is 158 Å². The van der Waals surface area contributed by atoms with Crippen LogP contribution in [0.15, 0.2) is 71.5 Å². The van der Waals surface area contributed by atoms with Crippen LogP contribution < -0.4 is 21.1 Å². The third-order valence-electron chi connectivity index (χ3n) is 4.11. The quantitative estimate of drug-likeness (QED) is 0.761. The zero-order chi connectivity index (χ0) is 19.2. The maximum absolute atomic E-state index is 12.6. The molecule has 6 nitrogen and oxygen atoms in total. The minimum absolute atomic E-state index is 0.201. The Balaban J connectivity index is 1.75. The second-order valence-corrected chi connectivity index (χ2v) is 6.12. The van der Waals surface area contributed by atoms with Crippen LogP contribution in [0.3, 0.4) is 0 Å². The Morgan fingerprint density at radius 3 is 2.93 bits per heavy atom. The molecule has 0 radical (unpaired) electrons. The van der Waals surface area contributed by atoms with E-state index in [0.717, 1.165) is 16.8 Å². The highest BCUT2D eigenvalue weighted by Crippen LogP contribution is 2.25. The third-order valence-corrected chi connectivity index (χ3v) is 4.11. The van der Waals surface area contributed by atoms with Gasteiger partial charge in [-0.2, -0.15) is 0 Å². The van der Waals surface area contributed by atoms with Crippen molar-refractivity contribution in [3.8, 4) is 5.75 Å². The van der Waals surface area contributed by atoms with E-state index in [1.807, 2.05) is 49.4 Å². The molecule has 1 heterocycles. The van der Waals surface area contributed by atoms with Gasteiger partial charge in [0, 0.05) is 11.9 Å². The monoisotopic (exact) mass is 362 g/mol.